The highest BCUT2D eigenvalue weighted by Gasteiger charge is 2.33. The molecule has 0 bridgehead atoms. The number of guanidine groups is 1. The quantitative estimate of drug-likeness (QED) is 0.446. The number of halogens is 1. The molecule has 94 valence electrons. The van der Waals surface area contributed by atoms with Gasteiger partial charge in [-0.2, -0.15) is 0 Å². The standard InChI is InChI=1S/C10H19N3O2.HI/c1-10(7-15-8-10)6-12-9(11)13-2-4-14-5-3-13;/h2-8H2,1H3,(H2,11,12);1H. The molecule has 0 spiro atoms. The molecular formula is C10H20IN3O2. The van der Waals surface area contributed by atoms with Crippen LogP contribution in [0.1, 0.15) is 6.92 Å². The molecular weight excluding hydrogens is 321 g/mol. The van der Waals surface area contributed by atoms with Crippen molar-refractivity contribution in [3.05, 3.63) is 0 Å². The summed E-state index contributed by atoms with van der Waals surface area (Å²) in [7, 11) is 0. The van der Waals surface area contributed by atoms with Crippen molar-refractivity contribution in [1.82, 2.24) is 4.90 Å². The van der Waals surface area contributed by atoms with E-state index in [1.807, 2.05) is 0 Å². The summed E-state index contributed by atoms with van der Waals surface area (Å²) in [6.45, 7) is 7.72. The van der Waals surface area contributed by atoms with Crippen LogP contribution in [0.5, 0.6) is 0 Å². The lowest BCUT2D eigenvalue weighted by atomic mass is 9.89. The van der Waals surface area contributed by atoms with Crippen LogP contribution in [-0.4, -0.2) is 56.9 Å². The van der Waals surface area contributed by atoms with Crippen molar-refractivity contribution in [3.8, 4) is 0 Å². The molecule has 2 aliphatic heterocycles. The van der Waals surface area contributed by atoms with Crippen LogP contribution in [0.15, 0.2) is 4.99 Å². The largest absolute Gasteiger partial charge is 0.380 e. The minimum Gasteiger partial charge on any atom is -0.380 e. The lowest BCUT2D eigenvalue weighted by molar-refractivity contribution is -0.0946. The van der Waals surface area contributed by atoms with E-state index in [0.717, 1.165) is 46.1 Å². The number of hydrogen-bond donors (Lipinski definition) is 1. The van der Waals surface area contributed by atoms with E-state index in [0.29, 0.717) is 5.96 Å². The van der Waals surface area contributed by atoms with Gasteiger partial charge in [0.15, 0.2) is 5.96 Å². The third-order valence-corrected chi connectivity index (χ3v) is 2.86. The number of ether oxygens (including phenoxy) is 2. The predicted octanol–water partition coefficient (Wildman–Crippen LogP) is 0.288. The zero-order chi connectivity index (χ0) is 10.7. The highest BCUT2D eigenvalue weighted by Crippen LogP contribution is 2.26. The Labute approximate surface area is 113 Å². The first-order valence-electron chi connectivity index (χ1n) is 5.40. The monoisotopic (exact) mass is 341 g/mol. The summed E-state index contributed by atoms with van der Waals surface area (Å²) >= 11 is 0. The molecule has 0 aromatic carbocycles. The molecule has 2 aliphatic rings. The summed E-state index contributed by atoms with van der Waals surface area (Å²) in [6.07, 6.45) is 0. The molecule has 6 heteroatoms. The third kappa shape index (κ3) is 3.46. The fraction of sp³-hybridized carbons (Fsp3) is 0.900. The molecule has 2 rings (SSSR count). The van der Waals surface area contributed by atoms with Crippen LogP contribution in [0.25, 0.3) is 0 Å². The van der Waals surface area contributed by atoms with Gasteiger partial charge < -0.3 is 20.1 Å². The lowest BCUT2D eigenvalue weighted by Crippen LogP contribution is -2.47. The number of morpholine rings is 1. The number of nitrogens with zero attached hydrogens (tertiary/aromatic N) is 2. The molecule has 16 heavy (non-hydrogen) atoms. The smallest absolute Gasteiger partial charge is 0.191 e. The zero-order valence-corrected chi connectivity index (χ0v) is 12.0. The molecule has 2 saturated heterocycles. The Morgan fingerprint density at radius 3 is 2.44 bits per heavy atom. The summed E-state index contributed by atoms with van der Waals surface area (Å²) < 4.78 is 10.4. The van der Waals surface area contributed by atoms with Crippen molar-refractivity contribution in [2.75, 3.05) is 46.1 Å². The van der Waals surface area contributed by atoms with E-state index < -0.39 is 0 Å². The highest BCUT2D eigenvalue weighted by molar-refractivity contribution is 14.0. The number of rotatable bonds is 2. The zero-order valence-electron chi connectivity index (χ0n) is 9.65. The second-order valence-electron chi connectivity index (χ2n) is 4.58. The minimum absolute atomic E-state index is 0. The topological polar surface area (TPSA) is 60.1 Å². The maximum atomic E-state index is 5.91. The van der Waals surface area contributed by atoms with Gasteiger partial charge in [0, 0.05) is 18.5 Å². The SMILES string of the molecule is CC1(CN=C(N)N2CCOCC2)COC1.I. The average molecular weight is 341 g/mol. The van der Waals surface area contributed by atoms with Gasteiger partial charge in [-0.15, -0.1) is 24.0 Å². The van der Waals surface area contributed by atoms with Crippen LogP contribution >= 0.6 is 24.0 Å². The maximum absolute atomic E-state index is 5.91. The van der Waals surface area contributed by atoms with Gasteiger partial charge in [0.1, 0.15) is 0 Å². The normalized spacial score (nSPS) is 24.6. The van der Waals surface area contributed by atoms with E-state index in [-0.39, 0.29) is 29.4 Å². The van der Waals surface area contributed by atoms with E-state index in [2.05, 4.69) is 16.8 Å². The summed E-state index contributed by atoms with van der Waals surface area (Å²) in [5.41, 5.74) is 6.12. The van der Waals surface area contributed by atoms with Crippen molar-refractivity contribution in [2.24, 2.45) is 16.1 Å². The molecule has 0 atom stereocenters. The maximum Gasteiger partial charge on any atom is 0.191 e. The first-order valence-corrected chi connectivity index (χ1v) is 5.40. The first-order chi connectivity index (χ1) is 7.20. The lowest BCUT2D eigenvalue weighted by Gasteiger charge is -2.37. The summed E-state index contributed by atoms with van der Waals surface area (Å²) in [5, 5.41) is 0. The Kier molecular flexibility index (Phi) is 5.26. The molecule has 5 nitrogen and oxygen atoms in total. The van der Waals surface area contributed by atoms with Gasteiger partial charge in [-0.3, -0.25) is 4.99 Å². The van der Waals surface area contributed by atoms with Gasteiger partial charge in [0.2, 0.25) is 0 Å². The van der Waals surface area contributed by atoms with E-state index in [9.17, 15) is 0 Å². The van der Waals surface area contributed by atoms with Crippen molar-refractivity contribution < 1.29 is 9.47 Å². The summed E-state index contributed by atoms with van der Waals surface area (Å²) in [5.74, 6) is 0.645. The van der Waals surface area contributed by atoms with Gasteiger partial charge in [-0.1, -0.05) is 6.92 Å². The van der Waals surface area contributed by atoms with Crippen molar-refractivity contribution >= 4 is 29.9 Å². The molecule has 2 heterocycles. The van der Waals surface area contributed by atoms with Crippen molar-refractivity contribution in [2.45, 2.75) is 6.92 Å². The van der Waals surface area contributed by atoms with Gasteiger partial charge in [0.25, 0.3) is 0 Å². The Hall–Kier alpha value is -0.0800. The Balaban J connectivity index is 0.00000128. The summed E-state index contributed by atoms with van der Waals surface area (Å²) in [4.78, 5) is 6.50. The average Bonchev–Trinajstić information content (AvgIpc) is 2.24. The molecule has 2 fully saturated rings. The van der Waals surface area contributed by atoms with Crippen LogP contribution in [0.3, 0.4) is 0 Å². The van der Waals surface area contributed by atoms with E-state index in [1.165, 1.54) is 0 Å². The van der Waals surface area contributed by atoms with Crippen LogP contribution in [-0.2, 0) is 9.47 Å². The fourth-order valence-electron chi connectivity index (χ4n) is 1.71. The molecule has 0 amide bonds. The number of aliphatic imine (C=N–C) groups is 1. The Morgan fingerprint density at radius 2 is 1.94 bits per heavy atom. The molecule has 0 saturated carbocycles. The second kappa shape index (κ2) is 6.02. The first kappa shape index (κ1) is 14.0. The molecule has 0 aromatic heterocycles. The van der Waals surface area contributed by atoms with Crippen molar-refractivity contribution in [1.29, 1.82) is 0 Å². The van der Waals surface area contributed by atoms with Gasteiger partial charge in [-0.05, 0) is 0 Å². The van der Waals surface area contributed by atoms with Crippen molar-refractivity contribution in [3.63, 3.8) is 0 Å². The van der Waals surface area contributed by atoms with Gasteiger partial charge >= 0.3 is 0 Å². The van der Waals surface area contributed by atoms with Crippen LogP contribution in [0, 0.1) is 5.41 Å². The molecule has 0 unspecified atom stereocenters. The molecule has 0 aliphatic carbocycles. The molecule has 0 radical (unpaired) electrons. The van der Waals surface area contributed by atoms with E-state index >= 15 is 0 Å². The van der Waals surface area contributed by atoms with Gasteiger partial charge in [0.05, 0.1) is 33.0 Å². The minimum atomic E-state index is 0. The van der Waals surface area contributed by atoms with E-state index in [1.54, 1.807) is 0 Å². The Morgan fingerprint density at radius 1 is 1.31 bits per heavy atom. The molecule has 0 aromatic rings. The number of nitrogens with two attached hydrogens (primary N) is 1. The summed E-state index contributed by atoms with van der Waals surface area (Å²) in [6, 6.07) is 0. The van der Waals surface area contributed by atoms with Gasteiger partial charge in [-0.25, -0.2) is 0 Å². The molecule has 2 N–H and O–H groups in total. The predicted molar refractivity (Wildman–Crippen MR) is 73.2 cm³/mol. The number of hydrogen-bond acceptors (Lipinski definition) is 3. The Bertz CT molecular complexity index is 250. The fourth-order valence-corrected chi connectivity index (χ4v) is 1.71. The van der Waals surface area contributed by atoms with Crippen LogP contribution in [0.2, 0.25) is 0 Å². The third-order valence-electron chi connectivity index (χ3n) is 2.86. The van der Waals surface area contributed by atoms with Crippen LogP contribution < -0.4 is 5.73 Å². The second-order valence-corrected chi connectivity index (χ2v) is 4.58. The van der Waals surface area contributed by atoms with E-state index in [4.69, 9.17) is 15.2 Å². The van der Waals surface area contributed by atoms with Crippen LogP contribution in [0.4, 0.5) is 0 Å². The highest BCUT2D eigenvalue weighted by atomic mass is 127.